The minimum atomic E-state index is -0.000972. The van der Waals surface area contributed by atoms with Crippen molar-refractivity contribution in [1.82, 2.24) is 10.3 Å². The van der Waals surface area contributed by atoms with Crippen LogP contribution in [0.5, 0.6) is 0 Å². The summed E-state index contributed by atoms with van der Waals surface area (Å²) in [5.74, 6) is 0.306. The molecule has 1 N–H and O–H groups in total. The molecule has 0 radical (unpaired) electrons. The van der Waals surface area contributed by atoms with Crippen LogP contribution < -0.4 is 5.32 Å². The van der Waals surface area contributed by atoms with Gasteiger partial charge in [-0.3, -0.25) is 9.78 Å². The molecule has 20 heavy (non-hydrogen) atoms. The van der Waals surface area contributed by atoms with Gasteiger partial charge in [-0.25, -0.2) is 0 Å². The van der Waals surface area contributed by atoms with E-state index in [1.807, 2.05) is 30.3 Å². The maximum absolute atomic E-state index is 12.4. The van der Waals surface area contributed by atoms with Gasteiger partial charge in [-0.1, -0.05) is 45.4 Å². The Hall–Kier alpha value is -1.90. The van der Waals surface area contributed by atoms with Gasteiger partial charge in [0.25, 0.3) is 5.91 Å². The average molecular weight is 270 g/mol. The van der Waals surface area contributed by atoms with Crippen LogP contribution in [0.15, 0.2) is 30.3 Å². The van der Waals surface area contributed by atoms with Gasteiger partial charge >= 0.3 is 0 Å². The van der Waals surface area contributed by atoms with Gasteiger partial charge in [0.15, 0.2) is 0 Å². The van der Waals surface area contributed by atoms with Crippen LogP contribution in [0.3, 0.4) is 0 Å². The highest BCUT2D eigenvalue weighted by atomic mass is 16.1. The fraction of sp³-hybridized carbons (Fsp3) is 0.412. The molecule has 0 aliphatic carbocycles. The fourth-order valence-corrected chi connectivity index (χ4v) is 2.15. The van der Waals surface area contributed by atoms with Crippen molar-refractivity contribution in [2.75, 3.05) is 6.54 Å². The van der Waals surface area contributed by atoms with Crippen molar-refractivity contribution >= 4 is 16.8 Å². The molecule has 1 aromatic heterocycles. The minimum Gasteiger partial charge on any atom is -0.352 e. The first kappa shape index (κ1) is 14.5. The molecular weight excluding hydrogens is 248 g/mol. The molecule has 0 saturated carbocycles. The van der Waals surface area contributed by atoms with E-state index in [1.54, 1.807) is 0 Å². The number of pyridine rings is 1. The number of unbranched alkanes of at least 4 members (excludes halogenated alkanes) is 1. The number of nitrogens with zero attached hydrogens (tertiary/aromatic N) is 1. The molecule has 2 rings (SSSR count). The molecule has 0 saturated heterocycles. The Morgan fingerprint density at radius 3 is 2.75 bits per heavy atom. The largest absolute Gasteiger partial charge is 0.352 e. The molecule has 0 bridgehead atoms. The van der Waals surface area contributed by atoms with E-state index in [4.69, 9.17) is 0 Å². The number of rotatable bonds is 5. The lowest BCUT2D eigenvalue weighted by Crippen LogP contribution is -2.25. The van der Waals surface area contributed by atoms with Gasteiger partial charge in [0, 0.05) is 17.6 Å². The number of carbonyl (C=O) groups is 1. The van der Waals surface area contributed by atoms with Gasteiger partial charge in [0.1, 0.15) is 0 Å². The van der Waals surface area contributed by atoms with Crippen LogP contribution in [0.25, 0.3) is 10.9 Å². The normalized spacial score (nSPS) is 11.0. The van der Waals surface area contributed by atoms with E-state index in [-0.39, 0.29) is 5.91 Å². The van der Waals surface area contributed by atoms with Crippen LogP contribution in [0.4, 0.5) is 0 Å². The van der Waals surface area contributed by atoms with E-state index in [2.05, 4.69) is 31.1 Å². The molecule has 0 aliphatic rings. The molecule has 1 aromatic carbocycles. The van der Waals surface area contributed by atoms with Crippen molar-refractivity contribution in [3.8, 4) is 0 Å². The topological polar surface area (TPSA) is 42.0 Å². The van der Waals surface area contributed by atoms with Crippen molar-refractivity contribution in [2.24, 2.45) is 0 Å². The van der Waals surface area contributed by atoms with Gasteiger partial charge in [0.05, 0.1) is 11.1 Å². The zero-order chi connectivity index (χ0) is 14.5. The second-order valence-corrected chi connectivity index (χ2v) is 5.38. The number of para-hydroxylation sites is 1. The van der Waals surface area contributed by atoms with E-state index in [9.17, 15) is 4.79 Å². The molecule has 0 aliphatic heterocycles. The molecule has 106 valence electrons. The Labute approximate surface area is 120 Å². The lowest BCUT2D eigenvalue weighted by Gasteiger charge is -2.11. The Kier molecular flexibility index (Phi) is 4.72. The number of carbonyl (C=O) groups excluding carboxylic acids is 1. The third kappa shape index (κ3) is 3.16. The van der Waals surface area contributed by atoms with Crippen molar-refractivity contribution < 1.29 is 4.79 Å². The number of aromatic nitrogens is 1. The highest BCUT2D eigenvalue weighted by molar-refractivity contribution is 6.06. The molecule has 1 heterocycles. The lowest BCUT2D eigenvalue weighted by molar-refractivity contribution is 0.0954. The van der Waals surface area contributed by atoms with Crippen molar-refractivity contribution in [2.45, 2.75) is 39.5 Å². The van der Waals surface area contributed by atoms with Crippen LogP contribution in [-0.2, 0) is 0 Å². The van der Waals surface area contributed by atoms with E-state index < -0.39 is 0 Å². The zero-order valence-corrected chi connectivity index (χ0v) is 12.4. The average Bonchev–Trinajstić information content (AvgIpc) is 2.46. The minimum absolute atomic E-state index is 0.000972. The molecule has 0 fully saturated rings. The van der Waals surface area contributed by atoms with Crippen LogP contribution in [-0.4, -0.2) is 17.4 Å². The number of hydrogen-bond donors (Lipinski definition) is 1. The Bertz CT molecular complexity index is 605. The van der Waals surface area contributed by atoms with Gasteiger partial charge in [-0.05, 0) is 24.5 Å². The predicted molar refractivity (Wildman–Crippen MR) is 83.1 cm³/mol. The Balaban J connectivity index is 2.41. The summed E-state index contributed by atoms with van der Waals surface area (Å²) in [6.45, 7) is 7.03. The van der Waals surface area contributed by atoms with E-state index in [0.29, 0.717) is 5.92 Å². The number of nitrogens with one attached hydrogen (secondary N) is 1. The summed E-state index contributed by atoms with van der Waals surface area (Å²) in [7, 11) is 0. The maximum atomic E-state index is 12.4. The highest BCUT2D eigenvalue weighted by Gasteiger charge is 2.13. The molecule has 0 spiro atoms. The summed E-state index contributed by atoms with van der Waals surface area (Å²) in [5.41, 5.74) is 2.58. The number of amides is 1. The van der Waals surface area contributed by atoms with Gasteiger partial charge in [-0.2, -0.15) is 0 Å². The third-order valence-electron chi connectivity index (χ3n) is 3.39. The molecule has 0 unspecified atom stereocenters. The van der Waals surface area contributed by atoms with Crippen molar-refractivity contribution in [3.05, 3.63) is 41.6 Å². The monoisotopic (exact) mass is 270 g/mol. The third-order valence-corrected chi connectivity index (χ3v) is 3.39. The predicted octanol–water partition coefficient (Wildman–Crippen LogP) is 3.89. The zero-order valence-electron chi connectivity index (χ0n) is 12.4. The second kappa shape index (κ2) is 6.51. The summed E-state index contributed by atoms with van der Waals surface area (Å²) in [5, 5.41) is 3.91. The van der Waals surface area contributed by atoms with Crippen LogP contribution in [0.1, 0.15) is 55.6 Å². The van der Waals surface area contributed by atoms with E-state index >= 15 is 0 Å². The molecule has 3 heteroatoms. The number of hydrogen-bond acceptors (Lipinski definition) is 2. The summed E-state index contributed by atoms with van der Waals surface area (Å²) in [4.78, 5) is 17.0. The first-order valence-corrected chi connectivity index (χ1v) is 7.31. The van der Waals surface area contributed by atoms with Crippen LogP contribution >= 0.6 is 0 Å². The summed E-state index contributed by atoms with van der Waals surface area (Å²) < 4.78 is 0. The summed E-state index contributed by atoms with van der Waals surface area (Å²) >= 11 is 0. The number of benzene rings is 1. The van der Waals surface area contributed by atoms with Gasteiger partial charge in [-0.15, -0.1) is 0 Å². The summed E-state index contributed by atoms with van der Waals surface area (Å²) in [6.07, 6.45) is 2.08. The first-order chi connectivity index (χ1) is 9.63. The maximum Gasteiger partial charge on any atom is 0.252 e. The van der Waals surface area contributed by atoms with E-state index in [0.717, 1.165) is 41.5 Å². The fourth-order valence-electron chi connectivity index (χ4n) is 2.15. The highest BCUT2D eigenvalue weighted by Crippen LogP contribution is 2.22. The summed E-state index contributed by atoms with van der Waals surface area (Å²) in [6, 6.07) is 9.75. The van der Waals surface area contributed by atoms with Crippen molar-refractivity contribution in [1.29, 1.82) is 0 Å². The second-order valence-electron chi connectivity index (χ2n) is 5.38. The smallest absolute Gasteiger partial charge is 0.252 e. The molecule has 0 atom stereocenters. The SMILES string of the molecule is CCCCNC(=O)c1cc(C(C)C)nc2ccccc12. The Morgan fingerprint density at radius 1 is 1.30 bits per heavy atom. The first-order valence-electron chi connectivity index (χ1n) is 7.31. The molecule has 3 nitrogen and oxygen atoms in total. The van der Waals surface area contributed by atoms with Gasteiger partial charge in [0.2, 0.25) is 0 Å². The van der Waals surface area contributed by atoms with E-state index in [1.165, 1.54) is 0 Å². The molecule has 2 aromatic rings. The van der Waals surface area contributed by atoms with Crippen LogP contribution in [0, 0.1) is 0 Å². The Morgan fingerprint density at radius 2 is 2.05 bits per heavy atom. The standard InChI is InChI=1S/C17H22N2O/c1-4-5-10-18-17(20)14-11-16(12(2)3)19-15-9-7-6-8-13(14)15/h6-9,11-12H,4-5,10H2,1-3H3,(H,18,20). The number of fused-ring (bicyclic) bond motifs is 1. The molecular formula is C17H22N2O. The quantitative estimate of drug-likeness (QED) is 0.837. The van der Waals surface area contributed by atoms with Gasteiger partial charge < -0.3 is 5.32 Å². The molecule has 1 amide bonds. The van der Waals surface area contributed by atoms with Crippen molar-refractivity contribution in [3.63, 3.8) is 0 Å². The lowest BCUT2D eigenvalue weighted by atomic mass is 10.0. The van der Waals surface area contributed by atoms with Crippen LogP contribution in [0.2, 0.25) is 0 Å².